The molecule has 4 heteroatoms. The maximum absolute atomic E-state index is 7.96. The smallest absolute Gasteiger partial charge is 0.297 e. The minimum atomic E-state index is -0.0940. The third-order valence-corrected chi connectivity index (χ3v) is 21.3. The fourth-order valence-electron chi connectivity index (χ4n) is 16.0. The molecule has 4 atom stereocenters. The van der Waals surface area contributed by atoms with E-state index in [0.29, 0.717) is 17.8 Å². The number of benzene rings is 2. The molecule has 3 nitrogen and oxygen atoms in total. The average Bonchev–Trinajstić information content (AvgIpc) is 3.67. The average molecular weight is 939 g/mol. The maximum atomic E-state index is 7.96. The van der Waals surface area contributed by atoms with Gasteiger partial charge in [-0.2, -0.15) is 0 Å². The molecule has 0 spiro atoms. The Labute approximate surface area is 426 Å². The number of hydrogen-bond acceptors (Lipinski definition) is 3. The summed E-state index contributed by atoms with van der Waals surface area (Å²) < 4.78 is 7.96. The zero-order chi connectivity index (χ0) is 50.8. The summed E-state index contributed by atoms with van der Waals surface area (Å²) in [4.78, 5) is 5.73. The Morgan fingerprint density at radius 1 is 0.600 bits per heavy atom. The molecular weight excluding hydrogens is 848 g/mol. The van der Waals surface area contributed by atoms with Gasteiger partial charge in [0.1, 0.15) is 5.76 Å². The zero-order valence-electron chi connectivity index (χ0n) is 48.0. The molecule has 1 saturated carbocycles. The van der Waals surface area contributed by atoms with Crippen LogP contribution in [0.15, 0.2) is 75.4 Å². The van der Waals surface area contributed by atoms with Crippen LogP contribution in [0.2, 0.25) is 0 Å². The van der Waals surface area contributed by atoms with E-state index in [1.54, 1.807) is 11.1 Å². The molecule has 2 aromatic carbocycles. The van der Waals surface area contributed by atoms with E-state index in [9.17, 15) is 0 Å². The van der Waals surface area contributed by atoms with Crippen LogP contribution in [0, 0.1) is 39.4 Å². The topological polar surface area (TPSA) is 19.6 Å². The van der Waals surface area contributed by atoms with Gasteiger partial charge in [-0.15, -0.1) is 0 Å². The van der Waals surface area contributed by atoms with Crippen LogP contribution < -0.4 is 26.4 Å². The number of hydrogen-bond donors (Lipinski definition) is 0. The molecule has 0 amide bonds. The van der Waals surface area contributed by atoms with Gasteiger partial charge in [0, 0.05) is 39.7 Å². The molecule has 8 aliphatic rings. The molecule has 1 fully saturated rings. The van der Waals surface area contributed by atoms with Crippen molar-refractivity contribution in [3.8, 4) is 0 Å². The predicted octanol–water partition coefficient (Wildman–Crippen LogP) is 16.3. The first-order valence-corrected chi connectivity index (χ1v) is 28.1. The standard InChI is InChI=1S/C66H91BN2O/c1-38-32-42-44(62(12,13)26-24-60(42,8)9)36-48(38)68-49-37-45-43(61(10,11)25-27-63(45,14)15)35-46(49)67-54-50(68)33-40(58(3,4)5)34-51(54)69(55-53-56(70-57(55)67)66(20,21)31-30-65(53,18)19)47-23-22-41-52(39(47)2)64(16,17)29-28-59(41,6)7/h22-23,32-37,39,42,44,47H,24-31H2,1-21H3. The van der Waals surface area contributed by atoms with Crippen molar-refractivity contribution in [1.29, 1.82) is 0 Å². The van der Waals surface area contributed by atoms with Gasteiger partial charge >= 0.3 is 0 Å². The fourth-order valence-corrected chi connectivity index (χ4v) is 16.0. The highest BCUT2D eigenvalue weighted by Gasteiger charge is 2.57. The van der Waals surface area contributed by atoms with Gasteiger partial charge in [0.05, 0.1) is 17.4 Å². The Balaban J connectivity index is 1.28. The molecule has 0 N–H and O–H groups in total. The summed E-state index contributed by atoms with van der Waals surface area (Å²) in [5.74, 6) is 2.47. The van der Waals surface area contributed by atoms with E-state index in [0.717, 1.165) is 12.8 Å². The minimum Gasteiger partial charge on any atom is -0.472 e. The second kappa shape index (κ2) is 14.6. The molecule has 3 heterocycles. The molecule has 6 aliphatic carbocycles. The van der Waals surface area contributed by atoms with Crippen molar-refractivity contribution < 1.29 is 4.42 Å². The van der Waals surface area contributed by atoms with E-state index >= 15 is 0 Å². The highest BCUT2D eigenvalue weighted by atomic mass is 16.3. The van der Waals surface area contributed by atoms with E-state index in [1.165, 1.54) is 117 Å². The van der Waals surface area contributed by atoms with Gasteiger partial charge in [0.15, 0.2) is 0 Å². The SMILES string of the molecule is CC1=CC2C(C=C1N1c3cc4c(cc3B3c5oc6c(c5N(C5C=CC7=C(C5C)C(C)(C)CCC7(C)C)c5cc(C(C)(C)C)cc1c53)C(C)(C)CCC6(C)C)C(C)(C)CCC4(C)C)C(C)(C)CCC2(C)C. The minimum absolute atomic E-state index is 0.0474. The van der Waals surface area contributed by atoms with Gasteiger partial charge in [-0.05, 0) is 170 Å². The van der Waals surface area contributed by atoms with Crippen LogP contribution in [0.3, 0.4) is 0 Å². The number of furan rings is 1. The summed E-state index contributed by atoms with van der Waals surface area (Å²) in [5.41, 5.74) is 22.1. The highest BCUT2D eigenvalue weighted by Crippen LogP contribution is 2.61. The molecule has 2 aliphatic heterocycles. The molecule has 4 unspecified atom stereocenters. The van der Waals surface area contributed by atoms with Crippen LogP contribution >= 0.6 is 0 Å². The van der Waals surface area contributed by atoms with E-state index < -0.39 is 0 Å². The molecular formula is C66H91BN2O. The summed E-state index contributed by atoms with van der Waals surface area (Å²) in [6.07, 6.45) is 20.3. The first-order chi connectivity index (χ1) is 32.1. The Bertz CT molecular complexity index is 2880. The van der Waals surface area contributed by atoms with Crippen LogP contribution in [0.1, 0.15) is 225 Å². The summed E-state index contributed by atoms with van der Waals surface area (Å²) >= 11 is 0. The third-order valence-electron chi connectivity index (χ3n) is 21.3. The number of nitrogens with zero attached hydrogens (tertiary/aromatic N) is 2. The lowest BCUT2D eigenvalue weighted by Crippen LogP contribution is -2.64. The largest absolute Gasteiger partial charge is 0.472 e. The Morgan fingerprint density at radius 3 is 1.77 bits per heavy atom. The van der Waals surface area contributed by atoms with Crippen molar-refractivity contribution in [3.05, 3.63) is 99.0 Å². The fraction of sp³-hybridized carbons (Fsp3) is 0.636. The zero-order valence-corrected chi connectivity index (χ0v) is 48.0. The molecule has 374 valence electrons. The predicted molar refractivity (Wildman–Crippen MR) is 301 cm³/mol. The number of fused-ring (bicyclic) bond motifs is 8. The Morgan fingerprint density at radius 2 is 1.14 bits per heavy atom. The lowest BCUT2D eigenvalue weighted by atomic mass is 9.34. The summed E-state index contributed by atoms with van der Waals surface area (Å²) in [6.45, 7) is 52.6. The summed E-state index contributed by atoms with van der Waals surface area (Å²) in [5, 5.41) is 0. The van der Waals surface area contributed by atoms with Crippen molar-refractivity contribution in [3.63, 3.8) is 0 Å². The summed E-state index contributed by atoms with van der Waals surface area (Å²) in [7, 11) is 0. The van der Waals surface area contributed by atoms with Crippen LogP contribution in [0.25, 0.3) is 0 Å². The van der Waals surface area contributed by atoms with E-state index in [1.807, 2.05) is 0 Å². The Hall–Kier alpha value is -3.66. The number of allylic oxidation sites excluding steroid dienone is 5. The van der Waals surface area contributed by atoms with Gasteiger partial charge in [-0.3, -0.25) is 0 Å². The van der Waals surface area contributed by atoms with E-state index in [-0.39, 0.29) is 61.5 Å². The van der Waals surface area contributed by atoms with Crippen LogP contribution in [0.5, 0.6) is 0 Å². The molecule has 0 bridgehead atoms. The van der Waals surface area contributed by atoms with E-state index in [2.05, 4.69) is 204 Å². The van der Waals surface area contributed by atoms with Crippen molar-refractivity contribution in [2.75, 3.05) is 9.80 Å². The maximum Gasteiger partial charge on any atom is 0.297 e. The molecule has 0 radical (unpaired) electrons. The lowest BCUT2D eigenvalue weighted by molar-refractivity contribution is 0.0321. The van der Waals surface area contributed by atoms with Crippen LogP contribution in [-0.4, -0.2) is 12.8 Å². The molecule has 1 aromatic heterocycles. The monoisotopic (exact) mass is 939 g/mol. The number of rotatable bonds is 2. The lowest BCUT2D eigenvalue weighted by Gasteiger charge is -2.54. The third kappa shape index (κ3) is 6.77. The van der Waals surface area contributed by atoms with Crippen LogP contribution in [0.4, 0.5) is 22.7 Å². The highest BCUT2D eigenvalue weighted by molar-refractivity contribution is 6.99. The number of anilines is 4. The molecule has 3 aromatic rings. The first kappa shape index (κ1) is 48.6. The van der Waals surface area contributed by atoms with Gasteiger partial charge in [0.2, 0.25) is 0 Å². The molecule has 0 saturated heterocycles. The second-order valence-electron chi connectivity index (χ2n) is 31.0. The van der Waals surface area contributed by atoms with E-state index in [4.69, 9.17) is 4.42 Å². The second-order valence-corrected chi connectivity index (χ2v) is 31.0. The normalized spacial score (nSPS) is 29.6. The van der Waals surface area contributed by atoms with Crippen LogP contribution in [-0.2, 0) is 27.1 Å². The van der Waals surface area contributed by atoms with Gasteiger partial charge in [-0.25, -0.2) is 0 Å². The van der Waals surface area contributed by atoms with Crippen molar-refractivity contribution in [1.82, 2.24) is 0 Å². The summed E-state index contributed by atoms with van der Waals surface area (Å²) in [6, 6.07) is 10.9. The van der Waals surface area contributed by atoms with Crippen molar-refractivity contribution in [2.24, 2.45) is 39.4 Å². The molecule has 11 rings (SSSR count). The first-order valence-electron chi connectivity index (χ1n) is 28.1. The quantitative estimate of drug-likeness (QED) is 0.239. The van der Waals surface area contributed by atoms with Gasteiger partial charge < -0.3 is 14.2 Å². The molecule has 70 heavy (non-hydrogen) atoms. The van der Waals surface area contributed by atoms with Gasteiger partial charge in [-0.1, -0.05) is 174 Å². The van der Waals surface area contributed by atoms with Gasteiger partial charge in [0.25, 0.3) is 6.71 Å². The Kier molecular flexibility index (Phi) is 10.1. The van der Waals surface area contributed by atoms with Crippen molar-refractivity contribution in [2.45, 2.75) is 230 Å². The van der Waals surface area contributed by atoms with Crippen molar-refractivity contribution >= 4 is 46.0 Å².